The van der Waals surface area contributed by atoms with E-state index in [9.17, 15) is 55.9 Å². The maximum absolute atomic E-state index is 10.8. The van der Waals surface area contributed by atoms with E-state index in [0.29, 0.717) is 0 Å². The first-order valence-corrected chi connectivity index (χ1v) is 10.4. The lowest BCUT2D eigenvalue weighted by Gasteiger charge is -2.46. The molecule has 0 saturated carbocycles. The molecule has 11 N–H and O–H groups in total. The van der Waals surface area contributed by atoms with Gasteiger partial charge in [-0.15, -0.1) is 0 Å². The van der Waals surface area contributed by atoms with Crippen LogP contribution in [-0.2, 0) is 23.7 Å². The predicted octanol–water partition coefficient (Wildman–Crippen LogP) is -7.73. The Morgan fingerprint density at radius 1 is 0.765 bits per heavy atom. The standard InChI is InChI=1S/C18H32O16/c19-1-5(23)9(25)15(6(24)2-20)33-18-14(30)12(28)16(8(4-22)32-18)34-17-13(29)11(27)10(26)7(3-21)31-17/h1,5-18,20-30H,2-4H2/t5-,6+,7+,8+,9+,10+,11-,12+,13+,14-,15+,16+,17-,18-/m0/s1. The summed E-state index contributed by atoms with van der Waals surface area (Å²) in [5.41, 5.74) is 0. The van der Waals surface area contributed by atoms with Gasteiger partial charge in [0.1, 0.15) is 73.2 Å². The molecule has 0 aromatic carbocycles. The van der Waals surface area contributed by atoms with E-state index in [1.807, 2.05) is 0 Å². The highest BCUT2D eigenvalue weighted by Gasteiger charge is 2.51. The zero-order chi connectivity index (χ0) is 25.7. The van der Waals surface area contributed by atoms with Crippen LogP contribution in [0.25, 0.3) is 0 Å². The van der Waals surface area contributed by atoms with Gasteiger partial charge < -0.3 is 79.9 Å². The first-order valence-electron chi connectivity index (χ1n) is 10.4. The molecule has 2 aliphatic heterocycles. The van der Waals surface area contributed by atoms with E-state index in [1.165, 1.54) is 0 Å². The Labute approximate surface area is 192 Å². The van der Waals surface area contributed by atoms with Crippen LogP contribution in [-0.4, -0.2) is 168 Å². The molecule has 34 heavy (non-hydrogen) atoms. The molecular weight excluding hydrogens is 472 g/mol. The Hall–Kier alpha value is -0.930. The molecular formula is C18H32O16. The number of carbonyl (C=O) groups excluding carboxylic acids is 1. The predicted molar refractivity (Wildman–Crippen MR) is 102 cm³/mol. The Bertz CT molecular complexity index is 621. The van der Waals surface area contributed by atoms with Crippen molar-refractivity contribution in [3.63, 3.8) is 0 Å². The van der Waals surface area contributed by atoms with Gasteiger partial charge in [0.25, 0.3) is 0 Å². The fraction of sp³-hybridized carbons (Fsp3) is 0.944. The summed E-state index contributed by atoms with van der Waals surface area (Å²) in [6.45, 7) is -2.64. The summed E-state index contributed by atoms with van der Waals surface area (Å²) >= 11 is 0. The Morgan fingerprint density at radius 3 is 1.85 bits per heavy atom. The van der Waals surface area contributed by atoms with E-state index in [0.717, 1.165) is 0 Å². The number of ether oxygens (including phenoxy) is 4. The van der Waals surface area contributed by atoms with Crippen LogP contribution in [0, 0.1) is 0 Å². The number of rotatable bonds is 11. The second-order valence-electron chi connectivity index (χ2n) is 7.97. The van der Waals surface area contributed by atoms with Crippen LogP contribution >= 0.6 is 0 Å². The summed E-state index contributed by atoms with van der Waals surface area (Å²) in [4.78, 5) is 10.8. The summed E-state index contributed by atoms with van der Waals surface area (Å²) in [5.74, 6) is 0. The Kier molecular flexibility index (Phi) is 11.1. The van der Waals surface area contributed by atoms with Crippen LogP contribution in [0.15, 0.2) is 0 Å². The van der Waals surface area contributed by atoms with Crippen LogP contribution < -0.4 is 0 Å². The van der Waals surface area contributed by atoms with E-state index >= 15 is 0 Å². The van der Waals surface area contributed by atoms with E-state index < -0.39 is 106 Å². The molecule has 0 spiro atoms. The maximum Gasteiger partial charge on any atom is 0.187 e. The van der Waals surface area contributed by atoms with E-state index in [-0.39, 0.29) is 6.29 Å². The third kappa shape index (κ3) is 6.25. The van der Waals surface area contributed by atoms with Gasteiger partial charge in [-0.25, -0.2) is 0 Å². The zero-order valence-corrected chi connectivity index (χ0v) is 17.7. The Balaban J connectivity index is 2.17. The van der Waals surface area contributed by atoms with Crippen LogP contribution in [0.5, 0.6) is 0 Å². The van der Waals surface area contributed by atoms with Gasteiger partial charge in [0.2, 0.25) is 0 Å². The van der Waals surface area contributed by atoms with Crippen molar-refractivity contribution in [2.24, 2.45) is 0 Å². The molecule has 0 unspecified atom stereocenters. The smallest absolute Gasteiger partial charge is 0.187 e. The van der Waals surface area contributed by atoms with Crippen LogP contribution in [0.2, 0.25) is 0 Å². The van der Waals surface area contributed by atoms with Crippen LogP contribution in [0.4, 0.5) is 0 Å². The van der Waals surface area contributed by atoms with Crippen molar-refractivity contribution < 1.29 is 79.9 Å². The summed E-state index contributed by atoms with van der Waals surface area (Å²) in [5, 5.41) is 108. The highest BCUT2D eigenvalue weighted by molar-refractivity contribution is 5.56. The van der Waals surface area contributed by atoms with E-state index in [1.54, 1.807) is 0 Å². The van der Waals surface area contributed by atoms with Crippen molar-refractivity contribution in [2.45, 2.75) is 85.8 Å². The highest BCUT2D eigenvalue weighted by atomic mass is 16.7. The average Bonchev–Trinajstić information content (AvgIpc) is 2.84. The van der Waals surface area contributed by atoms with Gasteiger partial charge in [-0.1, -0.05) is 0 Å². The summed E-state index contributed by atoms with van der Waals surface area (Å²) in [6, 6.07) is 0. The third-order valence-electron chi connectivity index (χ3n) is 5.64. The van der Waals surface area contributed by atoms with Crippen LogP contribution in [0.3, 0.4) is 0 Å². The minimum Gasteiger partial charge on any atom is -0.394 e. The largest absolute Gasteiger partial charge is 0.394 e. The molecule has 2 rings (SSSR count). The van der Waals surface area contributed by atoms with Crippen LogP contribution in [0.1, 0.15) is 0 Å². The second kappa shape index (κ2) is 12.9. The fourth-order valence-corrected chi connectivity index (χ4v) is 3.60. The number of aliphatic hydroxyl groups excluding tert-OH is 11. The number of aliphatic hydroxyl groups is 11. The second-order valence-corrected chi connectivity index (χ2v) is 7.97. The van der Waals surface area contributed by atoms with Gasteiger partial charge in [0, 0.05) is 0 Å². The number of hydrogen-bond donors (Lipinski definition) is 11. The fourth-order valence-electron chi connectivity index (χ4n) is 3.60. The molecule has 0 aliphatic carbocycles. The highest BCUT2D eigenvalue weighted by Crippen LogP contribution is 2.30. The van der Waals surface area contributed by atoms with Crippen molar-refractivity contribution in [2.75, 3.05) is 19.8 Å². The molecule has 0 aromatic rings. The van der Waals surface area contributed by atoms with Crippen molar-refractivity contribution in [3.8, 4) is 0 Å². The van der Waals surface area contributed by atoms with Gasteiger partial charge in [-0.2, -0.15) is 0 Å². The monoisotopic (exact) mass is 504 g/mol. The maximum atomic E-state index is 10.8. The molecule has 0 radical (unpaired) electrons. The van der Waals surface area contributed by atoms with Gasteiger partial charge in [0.15, 0.2) is 18.9 Å². The number of carbonyl (C=O) groups is 1. The van der Waals surface area contributed by atoms with Gasteiger partial charge in [0.05, 0.1) is 19.8 Å². The molecule has 2 saturated heterocycles. The topological polar surface area (TPSA) is 277 Å². The van der Waals surface area contributed by atoms with E-state index in [2.05, 4.69) is 0 Å². The van der Waals surface area contributed by atoms with Crippen molar-refractivity contribution in [3.05, 3.63) is 0 Å². The van der Waals surface area contributed by atoms with E-state index in [4.69, 9.17) is 24.1 Å². The molecule has 16 heteroatoms. The molecule has 2 fully saturated rings. The van der Waals surface area contributed by atoms with Crippen molar-refractivity contribution in [1.29, 1.82) is 0 Å². The quantitative estimate of drug-likeness (QED) is 0.117. The summed E-state index contributed by atoms with van der Waals surface area (Å²) < 4.78 is 21.1. The molecule has 14 atom stereocenters. The Morgan fingerprint density at radius 2 is 1.32 bits per heavy atom. The SMILES string of the molecule is O=C[C@H](O)[C@@H](O)[C@H](O[C@@H]1O[C@H](CO)[C@@H](O[C@@H]2O[C@H](CO)[C@@H](O)[C@H](O)[C@H]2O)[C@H](O)[C@@H]1O)[C@H](O)CO. The minimum absolute atomic E-state index is 0.0704. The van der Waals surface area contributed by atoms with Gasteiger partial charge in [-0.05, 0) is 0 Å². The third-order valence-corrected chi connectivity index (χ3v) is 5.64. The first kappa shape index (κ1) is 29.3. The molecule has 0 aromatic heterocycles. The van der Waals surface area contributed by atoms with Crippen molar-refractivity contribution >= 4 is 6.29 Å². The molecule has 0 amide bonds. The lowest BCUT2D eigenvalue weighted by Crippen LogP contribution is -2.65. The zero-order valence-electron chi connectivity index (χ0n) is 17.7. The summed E-state index contributed by atoms with van der Waals surface area (Å²) in [7, 11) is 0. The normalized spacial score (nSPS) is 42.6. The molecule has 2 heterocycles. The molecule has 200 valence electrons. The molecule has 0 bridgehead atoms. The lowest BCUT2D eigenvalue weighted by molar-refractivity contribution is -0.367. The van der Waals surface area contributed by atoms with Crippen molar-refractivity contribution in [1.82, 2.24) is 0 Å². The van der Waals surface area contributed by atoms with Gasteiger partial charge >= 0.3 is 0 Å². The molecule has 2 aliphatic rings. The molecule has 16 nitrogen and oxygen atoms in total. The first-order chi connectivity index (χ1) is 16.0. The van der Waals surface area contributed by atoms with Gasteiger partial charge in [-0.3, -0.25) is 0 Å². The number of aldehydes is 1. The lowest BCUT2D eigenvalue weighted by atomic mass is 9.96. The minimum atomic E-state index is -2.08. The summed E-state index contributed by atoms with van der Waals surface area (Å²) in [6.07, 6.45) is -25.4. The average molecular weight is 504 g/mol. The number of hydrogen-bond acceptors (Lipinski definition) is 16.